The summed E-state index contributed by atoms with van der Waals surface area (Å²) in [5.41, 5.74) is 7.61. The van der Waals surface area contributed by atoms with E-state index in [4.69, 9.17) is 27.1 Å². The zero-order chi connectivity index (χ0) is 41.1. The highest BCUT2D eigenvalue weighted by atomic mass is 31.2. The summed E-state index contributed by atoms with van der Waals surface area (Å²) in [5.74, 6) is 1.65. The van der Waals surface area contributed by atoms with E-state index < -0.39 is 22.6 Å². The van der Waals surface area contributed by atoms with Gasteiger partial charge < -0.3 is 32.2 Å². The van der Waals surface area contributed by atoms with Crippen molar-refractivity contribution in [1.29, 1.82) is 0 Å². The van der Waals surface area contributed by atoms with E-state index in [1.54, 1.807) is 0 Å². The Morgan fingerprint density at radius 2 is 1.00 bits per heavy atom. The number of phenolic OH excluding ortho intramolecular Hbond substituents is 1. The van der Waals surface area contributed by atoms with Gasteiger partial charge in [-0.2, -0.15) is 0 Å². The van der Waals surface area contributed by atoms with Gasteiger partial charge in [0.25, 0.3) is 0 Å². The maximum absolute atomic E-state index is 12.0. The van der Waals surface area contributed by atoms with E-state index in [1.807, 2.05) is 6.07 Å². The lowest BCUT2D eigenvalue weighted by Gasteiger charge is -2.41. The maximum Gasteiger partial charge on any atom is 0.397 e. The highest BCUT2D eigenvalue weighted by Gasteiger charge is 2.45. The fourth-order valence-corrected chi connectivity index (χ4v) is 9.55. The molecule has 0 saturated carbocycles. The molecule has 5 rings (SSSR count). The topological polar surface area (TPSA) is 75.6 Å². The monoisotopic (exact) mass is 794 g/mol. The lowest BCUT2D eigenvalue weighted by molar-refractivity contribution is -0.0673. The van der Waals surface area contributed by atoms with Crippen molar-refractivity contribution in [3.8, 4) is 17.2 Å². The van der Waals surface area contributed by atoms with Crippen LogP contribution in [0.1, 0.15) is 161 Å². The minimum Gasteiger partial charge on any atom is -0.507 e. The third kappa shape index (κ3) is 10.1. The Kier molecular flexibility index (Phi) is 12.4. The second-order valence-corrected chi connectivity index (χ2v) is 23.4. The predicted molar refractivity (Wildman–Crippen MR) is 228 cm³/mol. The number of phenols is 1. The summed E-state index contributed by atoms with van der Waals surface area (Å²) in [4.78, 5) is 0. The molecule has 0 bridgehead atoms. The highest BCUT2D eigenvalue weighted by Crippen LogP contribution is 2.56. The second kappa shape index (κ2) is 15.5. The molecule has 55 heavy (non-hydrogen) atoms. The molecule has 0 amide bonds. The van der Waals surface area contributed by atoms with Crippen LogP contribution in [0.5, 0.6) is 17.2 Å². The first-order valence-corrected chi connectivity index (χ1v) is 21.9. The van der Waals surface area contributed by atoms with Crippen molar-refractivity contribution < 1.29 is 32.2 Å². The van der Waals surface area contributed by atoms with Gasteiger partial charge in [0.05, 0.1) is 31.8 Å². The summed E-state index contributed by atoms with van der Waals surface area (Å²) < 4.78 is 38.3. The van der Waals surface area contributed by atoms with E-state index in [0.717, 1.165) is 33.8 Å². The Balaban J connectivity index is 1.42. The lowest BCUT2D eigenvalue weighted by atomic mass is 9.74. The van der Waals surface area contributed by atoms with Gasteiger partial charge in [-0.25, -0.2) is 0 Å². The van der Waals surface area contributed by atoms with E-state index in [1.165, 1.54) is 22.3 Å². The van der Waals surface area contributed by atoms with Crippen LogP contribution < -0.4 is 9.05 Å². The first kappa shape index (κ1) is 43.9. The molecular weight excluding hydrogens is 726 g/mol. The molecule has 7 nitrogen and oxygen atoms in total. The molecule has 2 aliphatic heterocycles. The average Bonchev–Trinajstić information content (AvgIpc) is 3.05. The van der Waals surface area contributed by atoms with Gasteiger partial charge in [-0.15, -0.1) is 0 Å². The molecule has 1 unspecified atom stereocenters. The van der Waals surface area contributed by atoms with Gasteiger partial charge in [0.2, 0.25) is 0 Å². The summed E-state index contributed by atoms with van der Waals surface area (Å²) in [6.07, 6.45) is 0. The van der Waals surface area contributed by atoms with Crippen LogP contribution in [0.4, 0.5) is 0 Å². The van der Waals surface area contributed by atoms with Crippen molar-refractivity contribution in [3.05, 3.63) is 87.0 Å². The molecule has 0 aromatic heterocycles. The quantitative estimate of drug-likeness (QED) is 0.249. The van der Waals surface area contributed by atoms with E-state index in [-0.39, 0.29) is 33.0 Å². The number of benzene rings is 3. The van der Waals surface area contributed by atoms with Crippen molar-refractivity contribution >= 4 is 17.2 Å². The van der Waals surface area contributed by atoms with Crippen molar-refractivity contribution in [1.82, 2.24) is 0 Å². The number of aromatic hydroxyl groups is 1. The molecule has 3 aromatic rings. The fraction of sp³-hybridized carbons (Fsp3) is 0.609. The number of aryl methyl sites for hydroxylation is 1. The highest BCUT2D eigenvalue weighted by molar-refractivity contribution is 7.42. The van der Waals surface area contributed by atoms with Crippen LogP contribution in [-0.4, -0.2) is 31.5 Å². The Labute approximate surface area is 335 Å². The van der Waals surface area contributed by atoms with E-state index in [0.29, 0.717) is 32.2 Å². The van der Waals surface area contributed by atoms with Gasteiger partial charge in [0.1, 0.15) is 17.2 Å². The predicted octanol–water partition coefficient (Wildman–Crippen LogP) is 13.3. The molecule has 1 N–H and O–H groups in total. The SMILES string of the molecule is Cc1ccc(OP2OCC3(CO2)COP(Oc2c(C(C)c4cc(C(C)(C)C)cc(C(C)(C)C)c4O)cc(C(C)(C)C)cc2C(C)(C)C)OC3)cc1C(C)(C)C. The molecule has 1 atom stereocenters. The van der Waals surface area contributed by atoms with E-state index in [2.05, 4.69) is 154 Å². The largest absolute Gasteiger partial charge is 0.507 e. The molecule has 2 fully saturated rings. The standard InChI is InChI=1S/C46H68O7P2/c1-29-18-19-33(24-36(29)43(9,10)11)52-54-48-25-46(26-49-54)27-50-55(51-28-46)53-40-35(21-32(42(6,7)8)23-38(40)45(15,16)17)30(2)34-20-31(41(3,4)5)22-37(39(34)47)44(12,13)14/h18-24,30,47H,25-28H2,1-17H3. The Hall–Kier alpha value is -2.24. The first-order chi connectivity index (χ1) is 25.1. The van der Waals surface area contributed by atoms with E-state index >= 15 is 0 Å². The molecule has 304 valence electrons. The number of rotatable bonds is 6. The van der Waals surface area contributed by atoms with Gasteiger partial charge in [-0.1, -0.05) is 141 Å². The number of hydrogen-bond donors (Lipinski definition) is 1. The van der Waals surface area contributed by atoms with Crippen LogP contribution in [0.25, 0.3) is 0 Å². The zero-order valence-electron chi connectivity index (χ0n) is 36.7. The number of hydrogen-bond acceptors (Lipinski definition) is 7. The summed E-state index contributed by atoms with van der Waals surface area (Å²) in [7, 11) is -3.29. The van der Waals surface area contributed by atoms with Crippen LogP contribution in [0, 0.1) is 12.3 Å². The smallest absolute Gasteiger partial charge is 0.397 e. The third-order valence-electron chi connectivity index (χ3n) is 10.8. The maximum atomic E-state index is 12.0. The zero-order valence-corrected chi connectivity index (χ0v) is 38.5. The molecule has 0 aliphatic carbocycles. The summed E-state index contributed by atoms with van der Waals surface area (Å²) in [6.45, 7) is 39.0. The van der Waals surface area contributed by atoms with Gasteiger partial charge in [-0.3, -0.25) is 0 Å². The van der Waals surface area contributed by atoms with Crippen molar-refractivity contribution in [2.24, 2.45) is 5.41 Å². The normalized spacial score (nSPS) is 22.1. The molecule has 1 spiro atoms. The Bertz CT molecular complexity index is 1830. The summed E-state index contributed by atoms with van der Waals surface area (Å²) >= 11 is 0. The van der Waals surface area contributed by atoms with Gasteiger partial charge in [0.15, 0.2) is 0 Å². The van der Waals surface area contributed by atoms with Crippen LogP contribution in [0.15, 0.2) is 42.5 Å². The first-order valence-electron chi connectivity index (χ1n) is 19.7. The van der Waals surface area contributed by atoms with Gasteiger partial charge >= 0.3 is 17.2 Å². The van der Waals surface area contributed by atoms with Crippen molar-refractivity contribution in [2.45, 2.75) is 151 Å². The Morgan fingerprint density at radius 3 is 1.45 bits per heavy atom. The fourth-order valence-electron chi connectivity index (χ4n) is 7.04. The molecule has 2 heterocycles. The summed E-state index contributed by atoms with van der Waals surface area (Å²) in [6, 6.07) is 15.1. The lowest BCUT2D eigenvalue weighted by Crippen LogP contribution is -2.45. The minimum absolute atomic E-state index is 0.00221. The van der Waals surface area contributed by atoms with Crippen LogP contribution in [0.2, 0.25) is 0 Å². The molecule has 3 aromatic carbocycles. The average molecular weight is 795 g/mol. The van der Waals surface area contributed by atoms with Crippen LogP contribution in [-0.2, 0) is 45.2 Å². The van der Waals surface area contributed by atoms with Crippen LogP contribution in [0.3, 0.4) is 0 Å². The van der Waals surface area contributed by atoms with Gasteiger partial charge in [0, 0.05) is 22.6 Å². The van der Waals surface area contributed by atoms with Crippen molar-refractivity contribution in [2.75, 3.05) is 26.4 Å². The molecule has 2 saturated heterocycles. The molecule has 9 heteroatoms. The minimum atomic E-state index is -1.74. The van der Waals surface area contributed by atoms with Gasteiger partial charge in [-0.05, 0) is 73.9 Å². The Morgan fingerprint density at radius 1 is 0.564 bits per heavy atom. The second-order valence-electron chi connectivity index (χ2n) is 21.1. The summed E-state index contributed by atoms with van der Waals surface area (Å²) in [5, 5.41) is 12.0. The van der Waals surface area contributed by atoms with E-state index in [9.17, 15) is 5.11 Å². The van der Waals surface area contributed by atoms with Crippen LogP contribution >= 0.6 is 17.2 Å². The van der Waals surface area contributed by atoms with Crippen molar-refractivity contribution in [3.63, 3.8) is 0 Å². The molecule has 2 aliphatic rings. The molecule has 0 radical (unpaired) electrons. The third-order valence-corrected chi connectivity index (χ3v) is 12.9. The molecular formula is C46H68O7P2.